The lowest BCUT2D eigenvalue weighted by atomic mass is 10.1. The third-order valence-electron chi connectivity index (χ3n) is 2.98. The second kappa shape index (κ2) is 7.35. The number of rotatable bonds is 7. The van der Waals surface area contributed by atoms with Gasteiger partial charge in [-0.1, -0.05) is 0 Å². The van der Waals surface area contributed by atoms with E-state index in [1.165, 1.54) is 23.5 Å². The molecule has 0 saturated carbocycles. The minimum absolute atomic E-state index is 0.0418. The van der Waals surface area contributed by atoms with Crippen molar-refractivity contribution in [3.8, 4) is 0 Å². The number of hydrogen-bond donors (Lipinski definition) is 1. The Bertz CT molecular complexity index is 630. The van der Waals surface area contributed by atoms with Gasteiger partial charge in [0.15, 0.2) is 0 Å². The molecule has 0 fully saturated rings. The van der Waals surface area contributed by atoms with Crippen LogP contribution in [0, 0.1) is 6.92 Å². The van der Waals surface area contributed by atoms with Gasteiger partial charge in [0.25, 0.3) is 0 Å². The van der Waals surface area contributed by atoms with Crippen molar-refractivity contribution in [1.29, 1.82) is 0 Å². The van der Waals surface area contributed by atoms with Crippen molar-refractivity contribution >= 4 is 31.9 Å². The van der Waals surface area contributed by atoms with Crippen molar-refractivity contribution < 1.29 is 23.1 Å². The highest BCUT2D eigenvalue weighted by Gasteiger charge is 2.25. The fraction of sp³-hybridized carbons (Fsp3) is 0.462. The normalized spacial score (nSPS) is 11.9. The minimum Gasteiger partial charge on any atom is -0.478 e. The van der Waals surface area contributed by atoms with E-state index in [-0.39, 0.29) is 10.5 Å². The largest absolute Gasteiger partial charge is 0.478 e. The Morgan fingerprint density at radius 2 is 2.05 bits per heavy atom. The van der Waals surface area contributed by atoms with Gasteiger partial charge in [0.2, 0.25) is 10.0 Å². The quantitative estimate of drug-likeness (QED) is 0.733. The van der Waals surface area contributed by atoms with Crippen LogP contribution >= 0.6 is 15.9 Å². The molecule has 8 heteroatoms. The van der Waals surface area contributed by atoms with Gasteiger partial charge in [0.05, 0.1) is 10.5 Å². The van der Waals surface area contributed by atoms with Crippen molar-refractivity contribution in [3.63, 3.8) is 0 Å². The van der Waals surface area contributed by atoms with E-state index in [9.17, 15) is 13.2 Å². The molecule has 0 aliphatic carbocycles. The van der Waals surface area contributed by atoms with E-state index in [2.05, 4.69) is 15.9 Å². The number of carboxylic acids is 1. The summed E-state index contributed by atoms with van der Waals surface area (Å²) in [6, 6.07) is 2.60. The highest BCUT2D eigenvalue weighted by molar-refractivity contribution is 9.10. The molecule has 1 aromatic carbocycles. The maximum absolute atomic E-state index is 12.5. The number of hydrogen-bond acceptors (Lipinski definition) is 4. The number of sulfonamides is 1. The van der Waals surface area contributed by atoms with Crippen molar-refractivity contribution in [2.45, 2.75) is 18.2 Å². The summed E-state index contributed by atoms with van der Waals surface area (Å²) in [6.45, 7) is 2.40. The number of aryl methyl sites for hydroxylation is 1. The van der Waals surface area contributed by atoms with Crippen molar-refractivity contribution in [3.05, 3.63) is 27.7 Å². The summed E-state index contributed by atoms with van der Waals surface area (Å²) < 4.78 is 31.5. The fourth-order valence-corrected chi connectivity index (χ4v) is 3.98. The van der Waals surface area contributed by atoms with Gasteiger partial charge in [0, 0.05) is 31.8 Å². The Morgan fingerprint density at radius 3 is 2.57 bits per heavy atom. The Hall–Kier alpha value is -0.960. The van der Waals surface area contributed by atoms with Gasteiger partial charge >= 0.3 is 5.97 Å². The Labute approximate surface area is 132 Å². The lowest BCUT2D eigenvalue weighted by Crippen LogP contribution is -2.29. The first kappa shape index (κ1) is 18.1. The van der Waals surface area contributed by atoms with Crippen molar-refractivity contribution in [1.82, 2.24) is 4.31 Å². The SMILES string of the molecule is COCCCN(C)S(=O)(=O)c1cc(C(=O)O)cc(C)c1Br. The second-order valence-electron chi connectivity index (χ2n) is 4.58. The number of carboxylic acid groups (broad SMARTS) is 1. The van der Waals surface area contributed by atoms with Crippen LogP contribution in [0.2, 0.25) is 0 Å². The van der Waals surface area contributed by atoms with Crippen LogP contribution in [0.4, 0.5) is 0 Å². The zero-order chi connectivity index (χ0) is 16.2. The fourth-order valence-electron chi connectivity index (χ4n) is 1.77. The first-order valence-electron chi connectivity index (χ1n) is 6.20. The molecule has 0 saturated heterocycles. The summed E-state index contributed by atoms with van der Waals surface area (Å²) in [5, 5.41) is 9.06. The third-order valence-corrected chi connectivity index (χ3v) is 6.17. The van der Waals surface area contributed by atoms with Gasteiger partial charge in [-0.3, -0.25) is 0 Å². The Morgan fingerprint density at radius 1 is 1.43 bits per heavy atom. The average Bonchev–Trinajstić information content (AvgIpc) is 2.41. The summed E-state index contributed by atoms with van der Waals surface area (Å²) in [4.78, 5) is 11.0. The van der Waals surface area contributed by atoms with Gasteiger partial charge in [-0.05, 0) is 47.0 Å². The van der Waals surface area contributed by atoms with E-state index in [1.54, 1.807) is 14.0 Å². The van der Waals surface area contributed by atoms with Crippen LogP contribution in [0.5, 0.6) is 0 Å². The van der Waals surface area contributed by atoms with E-state index < -0.39 is 16.0 Å². The second-order valence-corrected chi connectivity index (χ2v) is 7.39. The van der Waals surface area contributed by atoms with Gasteiger partial charge in [0.1, 0.15) is 0 Å². The molecule has 118 valence electrons. The summed E-state index contributed by atoms with van der Waals surface area (Å²) >= 11 is 3.23. The molecule has 1 N–H and O–H groups in total. The van der Waals surface area contributed by atoms with E-state index >= 15 is 0 Å². The molecular weight excluding hydrogens is 362 g/mol. The molecule has 0 spiro atoms. The molecule has 1 aromatic rings. The maximum Gasteiger partial charge on any atom is 0.335 e. The van der Waals surface area contributed by atoms with Gasteiger partial charge in [-0.25, -0.2) is 17.5 Å². The molecule has 0 aliphatic rings. The molecule has 21 heavy (non-hydrogen) atoms. The first-order valence-corrected chi connectivity index (χ1v) is 8.43. The van der Waals surface area contributed by atoms with Gasteiger partial charge in [-0.15, -0.1) is 0 Å². The standard InChI is InChI=1S/C13H18BrNO5S/c1-9-7-10(13(16)17)8-11(12(9)14)21(18,19)15(2)5-4-6-20-3/h7-8H,4-6H2,1-3H3,(H,16,17). The molecule has 0 aromatic heterocycles. The van der Waals surface area contributed by atoms with E-state index in [0.29, 0.717) is 29.6 Å². The van der Waals surface area contributed by atoms with E-state index in [4.69, 9.17) is 9.84 Å². The highest BCUT2D eigenvalue weighted by atomic mass is 79.9. The van der Waals surface area contributed by atoms with Crippen LogP contribution in [0.15, 0.2) is 21.5 Å². The average molecular weight is 380 g/mol. The van der Waals surface area contributed by atoms with Crippen molar-refractivity contribution in [2.24, 2.45) is 0 Å². The molecule has 0 aliphatic heterocycles. The number of carbonyl (C=O) groups is 1. The molecule has 0 bridgehead atoms. The summed E-state index contributed by atoms with van der Waals surface area (Å²) in [7, 11) is -0.756. The van der Waals surface area contributed by atoms with Crippen LogP contribution < -0.4 is 0 Å². The number of ether oxygens (including phenoxy) is 1. The number of aromatic carboxylic acids is 1. The Balaban J connectivity index is 3.21. The molecule has 0 radical (unpaired) electrons. The smallest absolute Gasteiger partial charge is 0.335 e. The van der Waals surface area contributed by atoms with Gasteiger partial charge < -0.3 is 9.84 Å². The zero-order valence-electron chi connectivity index (χ0n) is 12.1. The summed E-state index contributed by atoms with van der Waals surface area (Å²) in [5.41, 5.74) is 0.498. The molecule has 6 nitrogen and oxygen atoms in total. The highest BCUT2D eigenvalue weighted by Crippen LogP contribution is 2.29. The Kier molecular flexibility index (Phi) is 6.33. The monoisotopic (exact) mass is 379 g/mol. The van der Waals surface area contributed by atoms with Crippen LogP contribution in [0.25, 0.3) is 0 Å². The van der Waals surface area contributed by atoms with Crippen molar-refractivity contribution in [2.75, 3.05) is 27.3 Å². The lowest BCUT2D eigenvalue weighted by Gasteiger charge is -2.19. The minimum atomic E-state index is -3.76. The molecular formula is C13H18BrNO5S. The van der Waals surface area contributed by atoms with Crippen LogP contribution in [-0.4, -0.2) is 51.1 Å². The predicted molar refractivity (Wildman–Crippen MR) is 82.1 cm³/mol. The zero-order valence-corrected chi connectivity index (χ0v) is 14.5. The number of halogens is 1. The maximum atomic E-state index is 12.5. The lowest BCUT2D eigenvalue weighted by molar-refractivity contribution is 0.0696. The van der Waals surface area contributed by atoms with E-state index in [1.807, 2.05) is 0 Å². The summed E-state index contributed by atoms with van der Waals surface area (Å²) in [6.07, 6.45) is 0.557. The third kappa shape index (κ3) is 4.26. The van der Waals surface area contributed by atoms with Crippen LogP contribution in [-0.2, 0) is 14.8 Å². The summed E-state index contributed by atoms with van der Waals surface area (Å²) in [5.74, 6) is -1.16. The molecule has 1 rings (SSSR count). The number of benzene rings is 1. The predicted octanol–water partition coefficient (Wildman–Crippen LogP) is 2.11. The molecule has 0 heterocycles. The van der Waals surface area contributed by atoms with E-state index in [0.717, 1.165) is 0 Å². The van der Waals surface area contributed by atoms with Crippen LogP contribution in [0.3, 0.4) is 0 Å². The molecule has 0 amide bonds. The number of nitrogens with zero attached hydrogens (tertiary/aromatic N) is 1. The number of methoxy groups -OCH3 is 1. The van der Waals surface area contributed by atoms with Gasteiger partial charge in [-0.2, -0.15) is 0 Å². The molecule has 0 unspecified atom stereocenters. The molecule has 0 atom stereocenters. The first-order chi connectivity index (χ1) is 9.71. The topological polar surface area (TPSA) is 83.9 Å². The van der Waals surface area contributed by atoms with Crippen LogP contribution in [0.1, 0.15) is 22.3 Å².